The molecule has 2 aromatic rings. The van der Waals surface area contributed by atoms with E-state index >= 15 is 0 Å². The van der Waals surface area contributed by atoms with E-state index in [1.807, 2.05) is 24.3 Å². The predicted molar refractivity (Wildman–Crippen MR) is 89.7 cm³/mol. The van der Waals surface area contributed by atoms with E-state index in [9.17, 15) is 5.11 Å². The number of pyridine rings is 1. The highest BCUT2D eigenvalue weighted by Crippen LogP contribution is 2.35. The van der Waals surface area contributed by atoms with Gasteiger partial charge < -0.3 is 15.7 Å². The van der Waals surface area contributed by atoms with Crippen molar-refractivity contribution in [2.45, 2.75) is 25.3 Å². The van der Waals surface area contributed by atoms with E-state index in [1.165, 1.54) is 6.42 Å². The average Bonchev–Trinajstić information content (AvgIpc) is 2.43. The van der Waals surface area contributed by atoms with Crippen molar-refractivity contribution < 1.29 is 5.11 Å². The fraction of sp³-hybridized carbons (Fsp3) is 0.375. The van der Waals surface area contributed by atoms with Gasteiger partial charge in [-0.3, -0.25) is 4.98 Å². The molecule has 0 saturated heterocycles. The molecule has 0 unspecified atom stereocenters. The number of nitrogens with two attached hydrogens (primary N) is 1. The number of benzene rings is 1. The number of para-hydroxylation sites is 1. The van der Waals surface area contributed by atoms with Crippen LogP contribution in [0.1, 0.15) is 24.8 Å². The van der Waals surface area contributed by atoms with Gasteiger partial charge in [-0.25, -0.2) is 0 Å². The first-order chi connectivity index (χ1) is 10.2. The molecule has 5 heteroatoms. The summed E-state index contributed by atoms with van der Waals surface area (Å²) in [5, 5.41) is 10.5. The number of aromatic nitrogens is 1. The number of hydrogen-bond donors (Lipinski definition) is 2. The summed E-state index contributed by atoms with van der Waals surface area (Å²) in [5.41, 5.74) is 8.64. The second kappa shape index (κ2) is 5.95. The Hall–Kier alpha value is -1.72. The van der Waals surface area contributed by atoms with Crippen LogP contribution < -0.4 is 10.6 Å². The van der Waals surface area contributed by atoms with Gasteiger partial charge in [0.25, 0.3) is 0 Å². The van der Waals surface area contributed by atoms with E-state index in [1.54, 1.807) is 6.20 Å². The number of aliphatic hydroxyl groups is 1. The monoisotopic (exact) mass is 301 g/mol. The molecule has 0 radical (unpaired) electrons. The van der Waals surface area contributed by atoms with Gasteiger partial charge in [0, 0.05) is 24.2 Å². The fourth-order valence-corrected chi connectivity index (χ4v) is 3.05. The summed E-state index contributed by atoms with van der Waals surface area (Å²) in [7, 11) is 0. The lowest BCUT2D eigenvalue weighted by molar-refractivity contribution is 0.284. The van der Waals surface area contributed by atoms with Gasteiger partial charge in [-0.1, -0.05) is 30.4 Å². The standard InChI is InChI=1S/C16H19N3OS/c17-16(21)13-10-18-14-7-2-1-6-12(14)15(13)19(8-9-20)11-4-3-5-11/h1-2,6-7,10-11,20H,3-5,8-9H2,(H2,17,21). The Morgan fingerprint density at radius 3 is 2.76 bits per heavy atom. The van der Waals surface area contributed by atoms with Crippen molar-refractivity contribution in [3.05, 3.63) is 36.0 Å². The van der Waals surface area contributed by atoms with E-state index in [-0.39, 0.29) is 6.61 Å². The summed E-state index contributed by atoms with van der Waals surface area (Å²) in [6.45, 7) is 0.707. The molecule has 1 aromatic heterocycles. The molecule has 0 aliphatic heterocycles. The number of rotatable bonds is 5. The summed E-state index contributed by atoms with van der Waals surface area (Å²) in [5.74, 6) is 0. The normalized spacial score (nSPS) is 14.9. The van der Waals surface area contributed by atoms with Gasteiger partial charge in [0.1, 0.15) is 4.99 Å². The third kappa shape index (κ3) is 2.59. The molecule has 21 heavy (non-hydrogen) atoms. The highest BCUT2D eigenvalue weighted by molar-refractivity contribution is 7.80. The molecule has 0 spiro atoms. The van der Waals surface area contributed by atoms with Gasteiger partial charge >= 0.3 is 0 Å². The van der Waals surface area contributed by atoms with Crippen LogP contribution in [0.15, 0.2) is 30.5 Å². The molecule has 1 saturated carbocycles. The Morgan fingerprint density at radius 1 is 1.38 bits per heavy atom. The fourth-order valence-electron chi connectivity index (χ4n) is 2.90. The van der Waals surface area contributed by atoms with Gasteiger partial charge in [-0.15, -0.1) is 0 Å². The third-order valence-corrected chi connectivity index (χ3v) is 4.38. The third-order valence-electron chi connectivity index (χ3n) is 4.16. The van der Waals surface area contributed by atoms with E-state index in [0.717, 1.165) is 35.0 Å². The lowest BCUT2D eigenvalue weighted by Gasteiger charge is -2.40. The molecular formula is C16H19N3OS. The number of thiocarbonyl (C=S) groups is 1. The summed E-state index contributed by atoms with van der Waals surface area (Å²) in [4.78, 5) is 7.06. The van der Waals surface area contributed by atoms with Gasteiger partial charge in [0.15, 0.2) is 0 Å². The largest absolute Gasteiger partial charge is 0.395 e. The number of fused-ring (bicyclic) bond motifs is 1. The highest BCUT2D eigenvalue weighted by Gasteiger charge is 2.28. The van der Waals surface area contributed by atoms with Crippen LogP contribution in [-0.4, -0.2) is 34.3 Å². The Kier molecular flexibility index (Phi) is 4.03. The lowest BCUT2D eigenvalue weighted by atomic mass is 9.90. The lowest BCUT2D eigenvalue weighted by Crippen LogP contribution is -2.43. The minimum absolute atomic E-state index is 0.115. The van der Waals surface area contributed by atoms with Crippen LogP contribution in [-0.2, 0) is 0 Å². The first-order valence-corrected chi connectivity index (χ1v) is 7.68. The predicted octanol–water partition coefficient (Wildman–Crippen LogP) is 2.22. The number of anilines is 1. The van der Waals surface area contributed by atoms with E-state index < -0.39 is 0 Å². The number of aliphatic hydroxyl groups excluding tert-OH is 1. The Bertz CT molecular complexity index is 670. The topological polar surface area (TPSA) is 62.4 Å². The summed E-state index contributed by atoms with van der Waals surface area (Å²) in [6, 6.07) is 8.45. The van der Waals surface area contributed by atoms with Crippen LogP contribution in [0.2, 0.25) is 0 Å². The molecule has 0 amide bonds. The van der Waals surface area contributed by atoms with E-state index in [2.05, 4.69) is 9.88 Å². The van der Waals surface area contributed by atoms with E-state index in [0.29, 0.717) is 17.6 Å². The van der Waals surface area contributed by atoms with Crippen LogP contribution in [0.3, 0.4) is 0 Å². The molecule has 3 N–H and O–H groups in total. The SMILES string of the molecule is NC(=S)c1cnc2ccccc2c1N(CCO)C1CCC1. The molecule has 0 atom stereocenters. The summed E-state index contributed by atoms with van der Waals surface area (Å²) < 4.78 is 0. The quantitative estimate of drug-likeness (QED) is 0.829. The van der Waals surface area contributed by atoms with Crippen molar-refractivity contribution in [3.8, 4) is 0 Å². The molecule has 0 bridgehead atoms. The number of hydrogen-bond acceptors (Lipinski definition) is 4. The molecule has 1 aliphatic rings. The second-order valence-corrected chi connectivity index (χ2v) is 5.84. The van der Waals surface area contributed by atoms with Gasteiger partial charge in [-0.05, 0) is 25.3 Å². The molecule has 1 aliphatic carbocycles. The molecular weight excluding hydrogens is 282 g/mol. The zero-order chi connectivity index (χ0) is 14.8. The van der Waals surface area contributed by atoms with Crippen LogP contribution in [0, 0.1) is 0 Å². The highest BCUT2D eigenvalue weighted by atomic mass is 32.1. The zero-order valence-corrected chi connectivity index (χ0v) is 12.6. The van der Waals surface area contributed by atoms with Crippen molar-refractivity contribution in [2.24, 2.45) is 5.73 Å². The number of nitrogens with zero attached hydrogens (tertiary/aromatic N) is 2. The molecule has 1 aromatic carbocycles. The minimum Gasteiger partial charge on any atom is -0.395 e. The maximum absolute atomic E-state index is 9.45. The van der Waals surface area contributed by atoms with Gasteiger partial charge in [0.2, 0.25) is 0 Å². The Morgan fingerprint density at radius 2 is 2.14 bits per heavy atom. The first kappa shape index (κ1) is 14.2. The zero-order valence-electron chi connectivity index (χ0n) is 11.8. The van der Waals surface area contributed by atoms with Crippen LogP contribution in [0.25, 0.3) is 10.9 Å². The maximum atomic E-state index is 9.45. The van der Waals surface area contributed by atoms with E-state index in [4.69, 9.17) is 18.0 Å². The second-order valence-electron chi connectivity index (χ2n) is 5.40. The van der Waals surface area contributed by atoms with Crippen molar-refractivity contribution in [1.29, 1.82) is 0 Å². The van der Waals surface area contributed by atoms with Gasteiger partial charge in [0.05, 0.1) is 23.4 Å². The maximum Gasteiger partial charge on any atom is 0.107 e. The smallest absolute Gasteiger partial charge is 0.107 e. The Labute approximate surface area is 129 Å². The van der Waals surface area contributed by atoms with Crippen LogP contribution >= 0.6 is 12.2 Å². The molecule has 1 fully saturated rings. The van der Waals surface area contributed by atoms with Crippen LogP contribution in [0.5, 0.6) is 0 Å². The van der Waals surface area contributed by atoms with Crippen molar-refractivity contribution in [1.82, 2.24) is 4.98 Å². The summed E-state index contributed by atoms with van der Waals surface area (Å²) in [6.07, 6.45) is 5.28. The first-order valence-electron chi connectivity index (χ1n) is 7.27. The summed E-state index contributed by atoms with van der Waals surface area (Å²) >= 11 is 5.21. The average molecular weight is 301 g/mol. The van der Waals surface area contributed by atoms with Crippen molar-refractivity contribution >= 4 is 33.8 Å². The van der Waals surface area contributed by atoms with Gasteiger partial charge in [-0.2, -0.15) is 0 Å². The minimum atomic E-state index is 0.115. The Balaban J connectivity index is 2.20. The molecule has 1 heterocycles. The van der Waals surface area contributed by atoms with Crippen molar-refractivity contribution in [3.63, 3.8) is 0 Å². The van der Waals surface area contributed by atoms with Crippen molar-refractivity contribution in [2.75, 3.05) is 18.1 Å². The molecule has 4 nitrogen and oxygen atoms in total. The molecule has 3 rings (SSSR count). The van der Waals surface area contributed by atoms with Crippen LogP contribution in [0.4, 0.5) is 5.69 Å². The molecule has 110 valence electrons.